The third-order valence-electron chi connectivity index (χ3n) is 3.19. The van der Waals surface area contributed by atoms with E-state index in [4.69, 9.17) is 0 Å². The van der Waals surface area contributed by atoms with E-state index >= 15 is 0 Å². The van der Waals surface area contributed by atoms with Gasteiger partial charge in [-0.25, -0.2) is 0 Å². The second kappa shape index (κ2) is 7.41. The molecule has 0 aliphatic rings. The van der Waals surface area contributed by atoms with Gasteiger partial charge in [-0.3, -0.25) is 4.79 Å². The van der Waals surface area contributed by atoms with Crippen LogP contribution in [0, 0.1) is 3.57 Å². The van der Waals surface area contributed by atoms with Gasteiger partial charge in [0.05, 0.1) is 0 Å². The van der Waals surface area contributed by atoms with E-state index in [0.717, 1.165) is 5.69 Å². The van der Waals surface area contributed by atoms with Crippen LogP contribution in [0.3, 0.4) is 0 Å². The fourth-order valence-corrected chi connectivity index (χ4v) is 2.25. The molecule has 0 amide bonds. The Morgan fingerprint density at radius 1 is 1.05 bits per heavy atom. The van der Waals surface area contributed by atoms with E-state index in [-0.39, 0.29) is 5.78 Å². The zero-order valence-electron chi connectivity index (χ0n) is 12.1. The number of hydrogen-bond acceptors (Lipinski definition) is 2. The summed E-state index contributed by atoms with van der Waals surface area (Å²) in [5, 5.41) is 3.10. The quantitative estimate of drug-likeness (QED) is 0.430. The number of allylic oxidation sites excluding steroid dienone is 1. The van der Waals surface area contributed by atoms with Crippen LogP contribution < -0.4 is 5.32 Å². The Labute approximate surface area is 139 Å². The van der Waals surface area contributed by atoms with Crippen LogP contribution in [-0.2, 0) is 0 Å². The molecule has 21 heavy (non-hydrogen) atoms. The number of benzene rings is 2. The molecule has 2 nitrogen and oxygen atoms in total. The summed E-state index contributed by atoms with van der Waals surface area (Å²) >= 11 is 2.26. The van der Waals surface area contributed by atoms with E-state index in [9.17, 15) is 4.79 Å². The summed E-state index contributed by atoms with van der Waals surface area (Å²) in [6.45, 7) is 4.28. The first-order valence-electron chi connectivity index (χ1n) is 6.89. The van der Waals surface area contributed by atoms with Crippen molar-refractivity contribution in [2.24, 2.45) is 0 Å². The van der Waals surface area contributed by atoms with Gasteiger partial charge in [0.1, 0.15) is 0 Å². The number of ketones is 1. The lowest BCUT2D eigenvalue weighted by Crippen LogP contribution is -1.97. The molecule has 2 rings (SSSR count). The third-order valence-corrected chi connectivity index (χ3v) is 3.91. The smallest absolute Gasteiger partial charge is 0.187 e. The maximum Gasteiger partial charge on any atom is 0.187 e. The zero-order valence-corrected chi connectivity index (χ0v) is 14.3. The van der Waals surface area contributed by atoms with Crippen molar-refractivity contribution < 1.29 is 4.79 Å². The largest absolute Gasteiger partial charge is 0.362 e. The number of carbonyl (C=O) groups excluding carboxylic acids is 1. The van der Waals surface area contributed by atoms with Gasteiger partial charge >= 0.3 is 0 Å². The molecule has 0 bridgehead atoms. The molecule has 0 saturated carbocycles. The van der Waals surface area contributed by atoms with Crippen LogP contribution in [0.1, 0.15) is 35.7 Å². The minimum absolute atomic E-state index is 0.00307. The summed E-state index contributed by atoms with van der Waals surface area (Å²) in [7, 11) is 0. The van der Waals surface area contributed by atoms with Crippen molar-refractivity contribution >= 4 is 34.1 Å². The van der Waals surface area contributed by atoms with Crippen LogP contribution in [0.15, 0.2) is 60.8 Å². The van der Waals surface area contributed by atoms with Gasteiger partial charge in [0, 0.05) is 27.1 Å². The van der Waals surface area contributed by atoms with Gasteiger partial charge in [0.15, 0.2) is 5.78 Å². The predicted molar refractivity (Wildman–Crippen MR) is 96.8 cm³/mol. The molecule has 0 atom stereocenters. The average molecular weight is 391 g/mol. The summed E-state index contributed by atoms with van der Waals surface area (Å²) in [6, 6.07) is 15.8. The Morgan fingerprint density at radius 2 is 1.67 bits per heavy atom. The van der Waals surface area contributed by atoms with Crippen molar-refractivity contribution in [3.05, 3.63) is 75.5 Å². The lowest BCUT2D eigenvalue weighted by molar-refractivity contribution is 0.104. The van der Waals surface area contributed by atoms with Crippen molar-refractivity contribution in [2.75, 3.05) is 5.32 Å². The van der Waals surface area contributed by atoms with E-state index < -0.39 is 0 Å². The van der Waals surface area contributed by atoms with Crippen LogP contribution in [0.4, 0.5) is 5.69 Å². The van der Waals surface area contributed by atoms with Crippen LogP contribution in [0.25, 0.3) is 0 Å². The number of nitrogens with one attached hydrogen (secondary N) is 1. The Kier molecular flexibility index (Phi) is 5.56. The molecule has 0 aliphatic heterocycles. The van der Waals surface area contributed by atoms with Gasteiger partial charge in [-0.1, -0.05) is 38.1 Å². The lowest BCUT2D eigenvalue weighted by atomic mass is 10.0. The maximum atomic E-state index is 12.0. The molecule has 108 valence electrons. The van der Waals surface area contributed by atoms with Gasteiger partial charge in [-0.05, 0) is 58.3 Å². The van der Waals surface area contributed by atoms with Gasteiger partial charge < -0.3 is 5.32 Å². The summed E-state index contributed by atoms with van der Waals surface area (Å²) in [4.78, 5) is 12.0. The molecular weight excluding hydrogens is 373 g/mol. The van der Waals surface area contributed by atoms with Crippen molar-refractivity contribution in [1.29, 1.82) is 0 Å². The second-order valence-electron chi connectivity index (χ2n) is 5.13. The van der Waals surface area contributed by atoms with Crippen molar-refractivity contribution in [2.45, 2.75) is 19.8 Å². The highest BCUT2D eigenvalue weighted by Gasteiger charge is 2.03. The van der Waals surface area contributed by atoms with Gasteiger partial charge in [0.2, 0.25) is 0 Å². The number of carbonyl (C=O) groups is 1. The van der Waals surface area contributed by atoms with Crippen molar-refractivity contribution in [1.82, 2.24) is 0 Å². The van der Waals surface area contributed by atoms with E-state index in [1.54, 1.807) is 12.3 Å². The highest BCUT2D eigenvalue weighted by molar-refractivity contribution is 14.1. The minimum Gasteiger partial charge on any atom is -0.362 e. The monoisotopic (exact) mass is 391 g/mol. The van der Waals surface area contributed by atoms with Crippen LogP contribution >= 0.6 is 22.6 Å². The summed E-state index contributed by atoms with van der Waals surface area (Å²) in [5.41, 5.74) is 2.92. The van der Waals surface area contributed by atoms with E-state index in [1.807, 2.05) is 48.5 Å². The van der Waals surface area contributed by atoms with Crippen molar-refractivity contribution in [3.8, 4) is 0 Å². The molecule has 0 heterocycles. The average Bonchev–Trinajstić information content (AvgIpc) is 2.49. The molecule has 0 fully saturated rings. The molecule has 0 aliphatic carbocycles. The molecule has 0 unspecified atom stereocenters. The normalized spacial score (nSPS) is 11.0. The molecule has 0 spiro atoms. The molecule has 0 aromatic heterocycles. The predicted octanol–water partition coefficient (Wildman–Crippen LogP) is 5.22. The molecule has 1 N–H and O–H groups in total. The SMILES string of the molecule is CC(C)c1ccc(C(=O)/C=C/Nc2ccc(I)cc2)cc1. The van der Waals surface area contributed by atoms with Gasteiger partial charge in [-0.15, -0.1) is 0 Å². The Hall–Kier alpha value is -1.62. The molecule has 2 aromatic rings. The van der Waals surface area contributed by atoms with Gasteiger partial charge in [-0.2, -0.15) is 0 Å². The van der Waals surface area contributed by atoms with Gasteiger partial charge in [0.25, 0.3) is 0 Å². The Morgan fingerprint density at radius 3 is 2.24 bits per heavy atom. The highest BCUT2D eigenvalue weighted by atomic mass is 127. The molecule has 3 heteroatoms. The fourth-order valence-electron chi connectivity index (χ4n) is 1.89. The highest BCUT2D eigenvalue weighted by Crippen LogP contribution is 2.15. The molecule has 2 aromatic carbocycles. The minimum atomic E-state index is 0.00307. The Bertz CT molecular complexity index is 627. The van der Waals surface area contributed by atoms with E-state index in [2.05, 4.69) is 41.8 Å². The second-order valence-corrected chi connectivity index (χ2v) is 6.37. The standard InChI is InChI=1S/C18H18INO/c1-13(2)14-3-5-15(6-4-14)18(21)11-12-20-17-9-7-16(19)8-10-17/h3-13,20H,1-2H3/b12-11+. The van der Waals surface area contributed by atoms with Crippen LogP contribution in [0.2, 0.25) is 0 Å². The van der Waals surface area contributed by atoms with Crippen LogP contribution in [-0.4, -0.2) is 5.78 Å². The zero-order chi connectivity index (χ0) is 15.2. The number of halogens is 1. The first kappa shape index (κ1) is 15.8. The summed E-state index contributed by atoms with van der Waals surface area (Å²) < 4.78 is 1.18. The van der Waals surface area contributed by atoms with Crippen LogP contribution in [0.5, 0.6) is 0 Å². The molecule has 0 radical (unpaired) electrons. The molecule has 0 saturated heterocycles. The number of anilines is 1. The third kappa shape index (κ3) is 4.70. The lowest BCUT2D eigenvalue weighted by Gasteiger charge is -2.05. The van der Waals surface area contributed by atoms with Crippen molar-refractivity contribution in [3.63, 3.8) is 0 Å². The summed E-state index contributed by atoms with van der Waals surface area (Å²) in [6.07, 6.45) is 3.24. The maximum absolute atomic E-state index is 12.0. The number of rotatable bonds is 5. The Balaban J connectivity index is 1.97. The number of hydrogen-bond donors (Lipinski definition) is 1. The summed E-state index contributed by atoms with van der Waals surface area (Å²) in [5.74, 6) is 0.482. The first-order chi connectivity index (χ1) is 10.1. The fraction of sp³-hybridized carbons (Fsp3) is 0.167. The topological polar surface area (TPSA) is 29.1 Å². The van der Waals surface area contributed by atoms with E-state index in [1.165, 1.54) is 9.13 Å². The molecular formula is C18H18INO. The van der Waals surface area contributed by atoms with E-state index in [0.29, 0.717) is 11.5 Å². The first-order valence-corrected chi connectivity index (χ1v) is 7.97.